The summed E-state index contributed by atoms with van der Waals surface area (Å²) in [5.74, 6) is 0. The van der Waals surface area contributed by atoms with Crippen LogP contribution in [0.15, 0.2) is 42.6 Å². The highest BCUT2D eigenvalue weighted by atomic mass is 16.3. The number of benzene rings is 1. The summed E-state index contributed by atoms with van der Waals surface area (Å²) in [6.07, 6.45) is 1.71. The molecule has 0 aliphatic rings. The van der Waals surface area contributed by atoms with E-state index < -0.39 is 0 Å². The summed E-state index contributed by atoms with van der Waals surface area (Å²) in [6.45, 7) is 0.00910. The molecule has 3 aromatic rings. The Labute approximate surface area is 86.6 Å². The fourth-order valence-electron chi connectivity index (χ4n) is 1.91. The van der Waals surface area contributed by atoms with Crippen LogP contribution in [-0.4, -0.2) is 14.5 Å². The van der Waals surface area contributed by atoms with Crippen LogP contribution in [0.25, 0.3) is 16.6 Å². The molecule has 1 N–H and O–H groups in total. The molecule has 1 aromatic carbocycles. The molecule has 0 aliphatic carbocycles. The van der Waals surface area contributed by atoms with Crippen molar-refractivity contribution in [3.63, 3.8) is 0 Å². The van der Waals surface area contributed by atoms with E-state index in [0.29, 0.717) is 0 Å². The first kappa shape index (κ1) is 8.44. The Balaban J connectivity index is 2.56. The summed E-state index contributed by atoms with van der Waals surface area (Å²) >= 11 is 0. The van der Waals surface area contributed by atoms with Gasteiger partial charge in [0, 0.05) is 0 Å². The first-order valence-electron chi connectivity index (χ1n) is 4.85. The minimum atomic E-state index is 0.00910. The molecule has 15 heavy (non-hydrogen) atoms. The van der Waals surface area contributed by atoms with Crippen molar-refractivity contribution in [1.29, 1.82) is 0 Å². The monoisotopic (exact) mass is 198 g/mol. The van der Waals surface area contributed by atoms with E-state index in [1.165, 1.54) is 0 Å². The number of pyridine rings is 1. The van der Waals surface area contributed by atoms with Gasteiger partial charge in [0.05, 0.1) is 24.0 Å². The summed E-state index contributed by atoms with van der Waals surface area (Å²) in [5.41, 5.74) is 2.77. The smallest absolute Gasteiger partial charge is 0.137 e. The summed E-state index contributed by atoms with van der Waals surface area (Å²) < 4.78 is 1.98. The molecule has 0 unspecified atom stereocenters. The number of fused-ring (bicyclic) bond motifs is 3. The van der Waals surface area contributed by atoms with Crippen molar-refractivity contribution in [2.75, 3.05) is 0 Å². The van der Waals surface area contributed by atoms with Crippen LogP contribution in [-0.2, 0) is 6.61 Å². The van der Waals surface area contributed by atoms with Crippen LogP contribution < -0.4 is 0 Å². The molecule has 3 nitrogen and oxygen atoms in total. The van der Waals surface area contributed by atoms with E-state index >= 15 is 0 Å². The fourth-order valence-corrected chi connectivity index (χ4v) is 1.91. The van der Waals surface area contributed by atoms with Gasteiger partial charge in [0.1, 0.15) is 5.65 Å². The molecule has 0 saturated heterocycles. The highest BCUT2D eigenvalue weighted by Gasteiger charge is 2.04. The molecule has 0 bridgehead atoms. The van der Waals surface area contributed by atoms with Crippen LogP contribution >= 0.6 is 0 Å². The van der Waals surface area contributed by atoms with E-state index in [-0.39, 0.29) is 6.61 Å². The SMILES string of the molecule is OCc1cnc2ccc3ccccc3n12. The van der Waals surface area contributed by atoms with E-state index in [0.717, 1.165) is 22.2 Å². The lowest BCUT2D eigenvalue weighted by Gasteiger charge is -2.03. The van der Waals surface area contributed by atoms with Crippen molar-refractivity contribution in [2.45, 2.75) is 6.61 Å². The number of aromatic nitrogens is 2. The molecule has 3 heteroatoms. The normalized spacial score (nSPS) is 11.3. The Morgan fingerprint density at radius 3 is 2.87 bits per heavy atom. The largest absolute Gasteiger partial charge is 0.390 e. The van der Waals surface area contributed by atoms with Gasteiger partial charge in [-0.25, -0.2) is 4.98 Å². The van der Waals surface area contributed by atoms with Gasteiger partial charge in [-0.2, -0.15) is 0 Å². The first-order chi connectivity index (χ1) is 7.40. The van der Waals surface area contributed by atoms with E-state index in [9.17, 15) is 5.11 Å². The average molecular weight is 198 g/mol. The summed E-state index contributed by atoms with van der Waals surface area (Å²) in [4.78, 5) is 4.24. The highest BCUT2D eigenvalue weighted by molar-refractivity contribution is 5.82. The van der Waals surface area contributed by atoms with Gasteiger partial charge >= 0.3 is 0 Å². The average Bonchev–Trinajstić information content (AvgIpc) is 2.72. The third-order valence-corrected chi connectivity index (χ3v) is 2.61. The Kier molecular flexibility index (Phi) is 1.73. The highest BCUT2D eigenvalue weighted by Crippen LogP contribution is 2.18. The van der Waals surface area contributed by atoms with E-state index in [1.54, 1.807) is 6.20 Å². The van der Waals surface area contributed by atoms with E-state index in [2.05, 4.69) is 11.1 Å². The number of imidazole rings is 1. The van der Waals surface area contributed by atoms with Crippen LogP contribution in [0.3, 0.4) is 0 Å². The summed E-state index contributed by atoms with van der Waals surface area (Å²) in [7, 11) is 0. The van der Waals surface area contributed by atoms with Crippen LogP contribution in [0.2, 0.25) is 0 Å². The number of hydrogen-bond donors (Lipinski definition) is 1. The second-order valence-corrected chi connectivity index (χ2v) is 3.49. The lowest BCUT2D eigenvalue weighted by Crippen LogP contribution is -1.93. The zero-order chi connectivity index (χ0) is 10.3. The molecule has 74 valence electrons. The molecule has 2 aromatic heterocycles. The maximum Gasteiger partial charge on any atom is 0.137 e. The quantitative estimate of drug-likeness (QED) is 0.649. The van der Waals surface area contributed by atoms with Gasteiger partial charge < -0.3 is 5.11 Å². The van der Waals surface area contributed by atoms with Gasteiger partial charge in [-0.1, -0.05) is 18.2 Å². The van der Waals surface area contributed by atoms with Gasteiger partial charge in [-0.15, -0.1) is 0 Å². The number of aliphatic hydroxyl groups is 1. The van der Waals surface area contributed by atoms with Crippen molar-refractivity contribution in [2.24, 2.45) is 0 Å². The molecule has 0 saturated carbocycles. The molecule has 0 atom stereocenters. The number of para-hydroxylation sites is 1. The second-order valence-electron chi connectivity index (χ2n) is 3.49. The minimum absolute atomic E-state index is 0.00910. The Morgan fingerprint density at radius 1 is 1.13 bits per heavy atom. The molecule has 0 fully saturated rings. The van der Waals surface area contributed by atoms with Crippen molar-refractivity contribution in [1.82, 2.24) is 9.38 Å². The predicted molar refractivity (Wildman–Crippen MR) is 58.6 cm³/mol. The maximum absolute atomic E-state index is 9.22. The Morgan fingerprint density at radius 2 is 2.00 bits per heavy atom. The van der Waals surface area contributed by atoms with Crippen molar-refractivity contribution in [3.05, 3.63) is 48.3 Å². The third kappa shape index (κ3) is 1.13. The Hall–Kier alpha value is -1.87. The zero-order valence-corrected chi connectivity index (χ0v) is 8.09. The van der Waals surface area contributed by atoms with Gasteiger partial charge in [0.25, 0.3) is 0 Å². The molecule has 0 spiro atoms. The number of hydrogen-bond acceptors (Lipinski definition) is 2. The van der Waals surface area contributed by atoms with Crippen LogP contribution in [0.4, 0.5) is 0 Å². The zero-order valence-electron chi connectivity index (χ0n) is 8.09. The van der Waals surface area contributed by atoms with Gasteiger partial charge in [-0.3, -0.25) is 4.40 Å². The topological polar surface area (TPSA) is 37.5 Å². The third-order valence-electron chi connectivity index (χ3n) is 2.61. The fraction of sp³-hybridized carbons (Fsp3) is 0.0833. The first-order valence-corrected chi connectivity index (χ1v) is 4.85. The van der Waals surface area contributed by atoms with Gasteiger partial charge in [0.15, 0.2) is 0 Å². The molecule has 0 radical (unpaired) electrons. The van der Waals surface area contributed by atoms with Crippen LogP contribution in [0.5, 0.6) is 0 Å². The van der Waals surface area contributed by atoms with E-state index in [4.69, 9.17) is 0 Å². The second kappa shape index (κ2) is 3.07. The number of nitrogens with zero attached hydrogens (tertiary/aromatic N) is 2. The summed E-state index contributed by atoms with van der Waals surface area (Å²) in [6, 6.07) is 12.1. The molecule has 0 aliphatic heterocycles. The lowest BCUT2D eigenvalue weighted by molar-refractivity contribution is 0.276. The van der Waals surface area contributed by atoms with Crippen molar-refractivity contribution in [3.8, 4) is 0 Å². The van der Waals surface area contributed by atoms with E-state index in [1.807, 2.05) is 34.7 Å². The maximum atomic E-state index is 9.22. The molecular formula is C12H10N2O. The molecule has 3 rings (SSSR count). The van der Waals surface area contributed by atoms with Crippen LogP contribution in [0, 0.1) is 0 Å². The van der Waals surface area contributed by atoms with Crippen molar-refractivity contribution >= 4 is 16.6 Å². The predicted octanol–water partition coefficient (Wildman–Crippen LogP) is 1.98. The minimum Gasteiger partial charge on any atom is -0.390 e. The van der Waals surface area contributed by atoms with Gasteiger partial charge in [0.2, 0.25) is 0 Å². The number of rotatable bonds is 1. The lowest BCUT2D eigenvalue weighted by atomic mass is 10.2. The summed E-state index contributed by atoms with van der Waals surface area (Å²) in [5, 5.41) is 10.4. The van der Waals surface area contributed by atoms with Crippen molar-refractivity contribution < 1.29 is 5.11 Å². The molecule has 2 heterocycles. The number of aliphatic hydroxyl groups excluding tert-OH is 1. The Bertz CT molecular complexity index is 628. The molecule has 0 amide bonds. The standard InChI is InChI=1S/C12H10N2O/c15-8-10-7-13-12-6-5-9-3-1-2-4-11(9)14(10)12/h1-7,15H,8H2. The van der Waals surface area contributed by atoms with Crippen LogP contribution in [0.1, 0.15) is 5.69 Å². The van der Waals surface area contributed by atoms with Gasteiger partial charge in [-0.05, 0) is 23.6 Å². The molecular weight excluding hydrogens is 188 g/mol.